The van der Waals surface area contributed by atoms with Gasteiger partial charge in [0.25, 0.3) is 0 Å². The highest BCUT2D eigenvalue weighted by molar-refractivity contribution is 7.46. The summed E-state index contributed by atoms with van der Waals surface area (Å²) in [5, 5.41) is 0. The molecule has 0 amide bonds. The van der Waals surface area contributed by atoms with Crippen molar-refractivity contribution in [3.63, 3.8) is 0 Å². The van der Waals surface area contributed by atoms with Gasteiger partial charge in [-0.2, -0.15) is 0 Å². The molecular formula is C51H93O8P. The maximum absolute atomic E-state index is 12.5. The fourth-order valence-corrected chi connectivity index (χ4v) is 7.44. The van der Waals surface area contributed by atoms with Gasteiger partial charge in [-0.15, -0.1) is 0 Å². The summed E-state index contributed by atoms with van der Waals surface area (Å²) < 4.78 is 26.5. The lowest BCUT2D eigenvalue weighted by atomic mass is 10.0. The van der Waals surface area contributed by atoms with Gasteiger partial charge in [-0.1, -0.05) is 204 Å². The summed E-state index contributed by atoms with van der Waals surface area (Å²) in [6.45, 7) is 3.68. The van der Waals surface area contributed by atoms with Gasteiger partial charge in [0.15, 0.2) is 6.10 Å². The standard InChI is InChI=1S/C51H93O8P/c1-3-5-7-9-11-13-15-17-19-21-23-24-25-26-28-30-32-34-36-38-40-42-44-46-51(53)59-49(48-58-60(54,55)56)47-57-50(52)45-43-41-39-37-35-33-31-29-27-22-20-18-16-14-12-10-8-6-4-2/h12,14-15,17-18,20-21,23,49H,3-11,13,16,19,22,24-48H2,1-2H3,(H2,54,55,56)/b14-12-,17-15-,20-18-,23-21-. The fourth-order valence-electron chi connectivity index (χ4n) is 7.08. The summed E-state index contributed by atoms with van der Waals surface area (Å²) in [4.78, 5) is 43.1. The zero-order chi connectivity index (χ0) is 43.9. The van der Waals surface area contributed by atoms with Crippen molar-refractivity contribution in [3.05, 3.63) is 48.6 Å². The summed E-state index contributed by atoms with van der Waals surface area (Å²) in [5.74, 6) is -0.885. The van der Waals surface area contributed by atoms with Crippen LogP contribution < -0.4 is 0 Å². The van der Waals surface area contributed by atoms with Crippen molar-refractivity contribution < 1.29 is 37.9 Å². The molecule has 1 atom stereocenters. The highest BCUT2D eigenvalue weighted by Gasteiger charge is 2.23. The molecule has 0 fully saturated rings. The van der Waals surface area contributed by atoms with Gasteiger partial charge < -0.3 is 19.3 Å². The third-order valence-corrected chi connectivity index (χ3v) is 11.3. The molecule has 0 saturated heterocycles. The summed E-state index contributed by atoms with van der Waals surface area (Å²) in [5.41, 5.74) is 0. The Hall–Kier alpha value is -1.99. The van der Waals surface area contributed by atoms with Crippen LogP contribution in [0.1, 0.15) is 245 Å². The van der Waals surface area contributed by atoms with E-state index in [0.29, 0.717) is 6.42 Å². The number of carbonyl (C=O) groups excluding carboxylic acids is 2. The van der Waals surface area contributed by atoms with E-state index in [9.17, 15) is 14.2 Å². The second kappa shape index (κ2) is 46.5. The molecular weight excluding hydrogens is 772 g/mol. The van der Waals surface area contributed by atoms with Gasteiger partial charge in [-0.3, -0.25) is 14.1 Å². The van der Waals surface area contributed by atoms with Crippen LogP contribution in [0.4, 0.5) is 0 Å². The maximum atomic E-state index is 12.5. The van der Waals surface area contributed by atoms with Crippen molar-refractivity contribution in [3.8, 4) is 0 Å². The highest BCUT2D eigenvalue weighted by Crippen LogP contribution is 2.36. The quantitative estimate of drug-likeness (QED) is 0.0269. The third-order valence-electron chi connectivity index (χ3n) is 10.8. The first-order valence-corrected chi connectivity index (χ1v) is 26.5. The van der Waals surface area contributed by atoms with Gasteiger partial charge in [-0.05, 0) is 77.0 Å². The van der Waals surface area contributed by atoms with E-state index in [4.69, 9.17) is 19.3 Å². The number of carbonyl (C=O) groups is 2. The van der Waals surface area contributed by atoms with Crippen molar-refractivity contribution in [1.82, 2.24) is 0 Å². The minimum Gasteiger partial charge on any atom is -0.462 e. The van der Waals surface area contributed by atoms with Crippen LogP contribution in [0.25, 0.3) is 0 Å². The third kappa shape index (κ3) is 48.7. The smallest absolute Gasteiger partial charge is 0.462 e. The molecule has 0 saturated carbocycles. The van der Waals surface area contributed by atoms with E-state index in [0.717, 1.165) is 64.2 Å². The van der Waals surface area contributed by atoms with Gasteiger partial charge in [0, 0.05) is 12.8 Å². The Morgan fingerprint density at radius 2 is 0.750 bits per heavy atom. The molecule has 0 aliphatic heterocycles. The SMILES string of the molecule is CCCCC/C=C\C/C=C\CCCCCCCCCCCC(=O)OCC(COP(=O)(O)O)OC(=O)CCCCCCCCCCCCC/C=C\C/C=C\CCCCCCC. The minimum absolute atomic E-state index is 0.208. The monoisotopic (exact) mass is 865 g/mol. The topological polar surface area (TPSA) is 119 Å². The Balaban J connectivity index is 3.83. The predicted molar refractivity (Wildman–Crippen MR) is 253 cm³/mol. The summed E-state index contributed by atoms with van der Waals surface area (Å²) in [6.07, 6.45) is 58.3. The number of phosphoric acid groups is 1. The number of esters is 2. The first-order chi connectivity index (χ1) is 29.3. The average molecular weight is 865 g/mol. The molecule has 0 aliphatic rings. The average Bonchev–Trinajstić information content (AvgIpc) is 3.22. The van der Waals surface area contributed by atoms with E-state index < -0.39 is 32.5 Å². The largest absolute Gasteiger partial charge is 0.469 e. The van der Waals surface area contributed by atoms with Gasteiger partial charge in [0.1, 0.15) is 6.61 Å². The van der Waals surface area contributed by atoms with Crippen LogP contribution in [0.3, 0.4) is 0 Å². The Labute approximate surface area is 369 Å². The first kappa shape index (κ1) is 58.0. The second-order valence-corrected chi connectivity index (χ2v) is 18.0. The summed E-state index contributed by atoms with van der Waals surface area (Å²) in [6, 6.07) is 0. The van der Waals surface area contributed by atoms with Crippen LogP contribution in [0.2, 0.25) is 0 Å². The summed E-state index contributed by atoms with van der Waals surface area (Å²) in [7, 11) is -4.76. The van der Waals surface area contributed by atoms with E-state index in [1.165, 1.54) is 148 Å². The molecule has 0 bridgehead atoms. The van der Waals surface area contributed by atoms with E-state index in [1.807, 2.05) is 0 Å². The van der Waals surface area contributed by atoms with Gasteiger partial charge in [0.05, 0.1) is 6.61 Å². The number of unbranched alkanes of at least 4 members (excludes halogenated alkanes) is 28. The molecule has 0 spiro atoms. The Bertz CT molecular complexity index is 1110. The molecule has 0 aromatic carbocycles. The molecule has 0 rings (SSSR count). The van der Waals surface area contributed by atoms with Crippen molar-refractivity contribution in [2.75, 3.05) is 13.2 Å². The Kier molecular flexibility index (Phi) is 45.0. The van der Waals surface area contributed by atoms with Gasteiger partial charge >= 0.3 is 19.8 Å². The molecule has 8 nitrogen and oxygen atoms in total. The van der Waals surface area contributed by atoms with Crippen LogP contribution in [-0.2, 0) is 28.2 Å². The summed E-state index contributed by atoms with van der Waals surface area (Å²) >= 11 is 0. The maximum Gasteiger partial charge on any atom is 0.469 e. The lowest BCUT2D eigenvalue weighted by Gasteiger charge is -2.18. The molecule has 0 aromatic heterocycles. The highest BCUT2D eigenvalue weighted by atomic mass is 31.2. The minimum atomic E-state index is -4.76. The van der Waals surface area contributed by atoms with Crippen LogP contribution in [0.5, 0.6) is 0 Å². The van der Waals surface area contributed by atoms with Crippen molar-refractivity contribution >= 4 is 19.8 Å². The van der Waals surface area contributed by atoms with Crippen LogP contribution >= 0.6 is 7.82 Å². The number of hydrogen-bond donors (Lipinski definition) is 2. The molecule has 0 aliphatic carbocycles. The molecule has 60 heavy (non-hydrogen) atoms. The van der Waals surface area contributed by atoms with E-state index in [1.54, 1.807) is 0 Å². The van der Waals surface area contributed by atoms with Crippen molar-refractivity contribution in [1.29, 1.82) is 0 Å². The second-order valence-electron chi connectivity index (χ2n) is 16.8. The number of ether oxygens (including phenoxy) is 2. The molecule has 2 N–H and O–H groups in total. The lowest BCUT2D eigenvalue weighted by molar-refractivity contribution is -0.161. The lowest BCUT2D eigenvalue weighted by Crippen LogP contribution is -2.29. The van der Waals surface area contributed by atoms with Crippen LogP contribution in [0.15, 0.2) is 48.6 Å². The Morgan fingerprint density at radius 3 is 1.13 bits per heavy atom. The molecule has 0 radical (unpaired) electrons. The Morgan fingerprint density at radius 1 is 0.433 bits per heavy atom. The van der Waals surface area contributed by atoms with E-state index in [2.05, 4.69) is 67.0 Å². The van der Waals surface area contributed by atoms with Crippen molar-refractivity contribution in [2.24, 2.45) is 0 Å². The molecule has 0 heterocycles. The fraction of sp³-hybridized carbons (Fsp3) is 0.804. The van der Waals surface area contributed by atoms with E-state index in [-0.39, 0.29) is 19.4 Å². The predicted octanol–water partition coefficient (Wildman–Crippen LogP) is 15.9. The normalized spacial score (nSPS) is 12.8. The number of rotatable bonds is 46. The zero-order valence-electron chi connectivity index (χ0n) is 38.9. The zero-order valence-corrected chi connectivity index (χ0v) is 39.8. The van der Waals surface area contributed by atoms with Gasteiger partial charge in [-0.25, -0.2) is 4.57 Å². The number of allylic oxidation sites excluding steroid dienone is 8. The van der Waals surface area contributed by atoms with Crippen molar-refractivity contribution in [2.45, 2.75) is 251 Å². The van der Waals surface area contributed by atoms with E-state index >= 15 is 0 Å². The van der Waals surface area contributed by atoms with Crippen LogP contribution in [0, 0.1) is 0 Å². The van der Waals surface area contributed by atoms with Crippen LogP contribution in [-0.4, -0.2) is 41.0 Å². The van der Waals surface area contributed by atoms with Gasteiger partial charge in [0.2, 0.25) is 0 Å². The first-order valence-electron chi connectivity index (χ1n) is 24.9. The number of phosphoric ester groups is 1. The molecule has 350 valence electrons. The molecule has 0 aromatic rings. The number of hydrogen-bond acceptors (Lipinski definition) is 6. The molecule has 9 heteroatoms. The molecule has 1 unspecified atom stereocenters.